The van der Waals surface area contributed by atoms with E-state index in [1.54, 1.807) is 0 Å². The lowest BCUT2D eigenvalue weighted by atomic mass is 10.0. The van der Waals surface area contributed by atoms with Crippen LogP contribution in [0, 0.1) is 0 Å². The first-order valence-corrected chi connectivity index (χ1v) is 4.43. The number of ketones is 1. The Bertz CT molecular complexity index is 178. The second kappa shape index (κ2) is 4.24. The molecule has 1 rings (SSSR count). The number of cyclic esters (lactones) is 1. The molecule has 0 aromatic heterocycles. The average Bonchev–Trinajstić information content (AvgIpc) is 1.96. The number of esters is 1. The number of hydrogen-bond donors (Lipinski definition) is 0. The molecular weight excluding hydrogens is 156 g/mol. The second-order valence-corrected chi connectivity index (χ2v) is 3.14. The molecule has 1 fully saturated rings. The van der Waals surface area contributed by atoms with Gasteiger partial charge in [0.1, 0.15) is 11.9 Å². The summed E-state index contributed by atoms with van der Waals surface area (Å²) in [7, 11) is 0. The van der Waals surface area contributed by atoms with Crippen molar-refractivity contribution in [1.82, 2.24) is 0 Å². The van der Waals surface area contributed by atoms with Gasteiger partial charge in [-0.2, -0.15) is 0 Å². The van der Waals surface area contributed by atoms with Crippen LogP contribution in [0.4, 0.5) is 0 Å². The fourth-order valence-electron chi connectivity index (χ4n) is 1.25. The Labute approximate surface area is 72.1 Å². The summed E-state index contributed by atoms with van der Waals surface area (Å²) in [5.74, 6) is 0.142. The van der Waals surface area contributed by atoms with Crippen LogP contribution in [-0.2, 0) is 14.3 Å². The Morgan fingerprint density at radius 2 is 2.25 bits per heavy atom. The molecule has 0 radical (unpaired) electrons. The van der Waals surface area contributed by atoms with E-state index in [4.69, 9.17) is 4.74 Å². The maximum absolute atomic E-state index is 11.0. The third-order valence-electron chi connectivity index (χ3n) is 1.97. The topological polar surface area (TPSA) is 43.4 Å². The van der Waals surface area contributed by atoms with Gasteiger partial charge in [-0.05, 0) is 12.8 Å². The Balaban J connectivity index is 2.02. The Morgan fingerprint density at radius 3 is 2.75 bits per heavy atom. The van der Waals surface area contributed by atoms with E-state index in [0.29, 0.717) is 25.7 Å². The molecule has 1 heterocycles. The molecule has 0 amide bonds. The smallest absolute Gasteiger partial charge is 0.309 e. The molecule has 1 unspecified atom stereocenters. The van der Waals surface area contributed by atoms with Gasteiger partial charge in [-0.3, -0.25) is 9.59 Å². The first-order valence-electron chi connectivity index (χ1n) is 4.43. The van der Waals surface area contributed by atoms with E-state index >= 15 is 0 Å². The zero-order valence-corrected chi connectivity index (χ0v) is 7.34. The zero-order valence-electron chi connectivity index (χ0n) is 7.34. The molecule has 3 heteroatoms. The third kappa shape index (κ3) is 2.64. The number of rotatable bonds is 5. The fourth-order valence-corrected chi connectivity index (χ4v) is 1.25. The van der Waals surface area contributed by atoms with Crippen molar-refractivity contribution in [2.75, 3.05) is 0 Å². The molecule has 68 valence electrons. The van der Waals surface area contributed by atoms with Gasteiger partial charge >= 0.3 is 5.97 Å². The molecule has 0 spiro atoms. The highest BCUT2D eigenvalue weighted by Crippen LogP contribution is 2.18. The summed E-state index contributed by atoms with van der Waals surface area (Å²) in [6, 6.07) is 0. The van der Waals surface area contributed by atoms with E-state index in [1.807, 2.05) is 6.92 Å². The van der Waals surface area contributed by atoms with Gasteiger partial charge < -0.3 is 4.74 Å². The Morgan fingerprint density at radius 1 is 1.58 bits per heavy atom. The number of carbonyl (C=O) groups is 2. The lowest BCUT2D eigenvalue weighted by molar-refractivity contribution is -0.170. The lowest BCUT2D eigenvalue weighted by Gasteiger charge is -2.24. The van der Waals surface area contributed by atoms with Crippen LogP contribution < -0.4 is 0 Å². The summed E-state index contributed by atoms with van der Waals surface area (Å²) in [5.41, 5.74) is 0. The normalized spacial score (nSPS) is 21.4. The van der Waals surface area contributed by atoms with Gasteiger partial charge in [0, 0.05) is 12.8 Å². The van der Waals surface area contributed by atoms with Crippen molar-refractivity contribution >= 4 is 11.8 Å². The fraction of sp³-hybridized carbons (Fsp3) is 0.778. The van der Waals surface area contributed by atoms with E-state index in [-0.39, 0.29) is 17.9 Å². The number of hydrogen-bond acceptors (Lipinski definition) is 3. The van der Waals surface area contributed by atoms with Crippen LogP contribution in [0.1, 0.15) is 39.0 Å². The van der Waals surface area contributed by atoms with Gasteiger partial charge in [0.2, 0.25) is 0 Å². The number of ether oxygens (including phenoxy) is 1. The standard InChI is InChI=1S/C9H14O3/c1-2-3-7(10)4-5-8-6-9(11)12-8/h8H,2-6H2,1H3. The summed E-state index contributed by atoms with van der Waals surface area (Å²) in [4.78, 5) is 21.4. The van der Waals surface area contributed by atoms with Gasteiger partial charge in [0.15, 0.2) is 0 Å². The van der Waals surface area contributed by atoms with Crippen molar-refractivity contribution in [2.45, 2.75) is 45.1 Å². The SMILES string of the molecule is CCCC(=O)CCC1CC(=O)O1. The van der Waals surface area contributed by atoms with E-state index < -0.39 is 0 Å². The molecule has 12 heavy (non-hydrogen) atoms. The van der Waals surface area contributed by atoms with Gasteiger partial charge in [-0.1, -0.05) is 6.92 Å². The summed E-state index contributed by atoms with van der Waals surface area (Å²) in [6.07, 6.45) is 3.36. The summed E-state index contributed by atoms with van der Waals surface area (Å²) in [6.45, 7) is 1.99. The van der Waals surface area contributed by atoms with E-state index in [0.717, 1.165) is 6.42 Å². The van der Waals surface area contributed by atoms with Gasteiger partial charge in [-0.15, -0.1) is 0 Å². The van der Waals surface area contributed by atoms with Crippen LogP contribution in [-0.4, -0.2) is 17.9 Å². The highest BCUT2D eigenvalue weighted by Gasteiger charge is 2.28. The number of Topliss-reactive ketones (excluding diaryl/α,β-unsaturated/α-hetero) is 1. The molecule has 0 saturated carbocycles. The van der Waals surface area contributed by atoms with Gasteiger partial charge in [0.25, 0.3) is 0 Å². The average molecular weight is 170 g/mol. The van der Waals surface area contributed by atoms with Crippen molar-refractivity contribution in [3.63, 3.8) is 0 Å². The molecule has 0 aromatic carbocycles. The van der Waals surface area contributed by atoms with Crippen molar-refractivity contribution in [1.29, 1.82) is 0 Å². The molecule has 1 atom stereocenters. The van der Waals surface area contributed by atoms with Crippen LogP contribution in [0.3, 0.4) is 0 Å². The van der Waals surface area contributed by atoms with Crippen molar-refractivity contribution < 1.29 is 14.3 Å². The van der Waals surface area contributed by atoms with Gasteiger partial charge in [0.05, 0.1) is 6.42 Å². The lowest BCUT2D eigenvalue weighted by Crippen LogP contribution is -2.32. The largest absolute Gasteiger partial charge is 0.462 e. The third-order valence-corrected chi connectivity index (χ3v) is 1.97. The summed E-state index contributed by atoms with van der Waals surface area (Å²) < 4.78 is 4.78. The highest BCUT2D eigenvalue weighted by molar-refractivity contribution is 5.79. The van der Waals surface area contributed by atoms with Crippen LogP contribution >= 0.6 is 0 Å². The van der Waals surface area contributed by atoms with Crippen molar-refractivity contribution in [3.05, 3.63) is 0 Å². The zero-order chi connectivity index (χ0) is 8.97. The van der Waals surface area contributed by atoms with E-state index in [1.165, 1.54) is 0 Å². The van der Waals surface area contributed by atoms with Crippen LogP contribution in [0.5, 0.6) is 0 Å². The quantitative estimate of drug-likeness (QED) is 0.586. The minimum Gasteiger partial charge on any atom is -0.462 e. The molecule has 3 nitrogen and oxygen atoms in total. The number of carbonyl (C=O) groups excluding carboxylic acids is 2. The van der Waals surface area contributed by atoms with E-state index in [9.17, 15) is 9.59 Å². The molecule has 0 aliphatic carbocycles. The molecule has 0 bridgehead atoms. The minimum atomic E-state index is -0.136. The molecule has 1 aliphatic rings. The van der Waals surface area contributed by atoms with Gasteiger partial charge in [-0.25, -0.2) is 0 Å². The molecule has 1 aliphatic heterocycles. The molecule has 0 aromatic rings. The summed E-state index contributed by atoms with van der Waals surface area (Å²) in [5, 5.41) is 0. The monoisotopic (exact) mass is 170 g/mol. The maximum atomic E-state index is 11.0. The Kier molecular flexibility index (Phi) is 3.26. The van der Waals surface area contributed by atoms with Crippen molar-refractivity contribution in [3.8, 4) is 0 Å². The molecule has 0 N–H and O–H groups in total. The highest BCUT2D eigenvalue weighted by atomic mass is 16.6. The van der Waals surface area contributed by atoms with Crippen LogP contribution in [0.25, 0.3) is 0 Å². The maximum Gasteiger partial charge on any atom is 0.309 e. The molecular formula is C9H14O3. The predicted octanol–water partition coefficient (Wildman–Crippen LogP) is 1.45. The first-order chi connectivity index (χ1) is 5.72. The molecule has 1 saturated heterocycles. The van der Waals surface area contributed by atoms with Crippen LogP contribution in [0.15, 0.2) is 0 Å². The predicted molar refractivity (Wildman–Crippen MR) is 43.6 cm³/mol. The van der Waals surface area contributed by atoms with Crippen molar-refractivity contribution in [2.24, 2.45) is 0 Å². The second-order valence-electron chi connectivity index (χ2n) is 3.14. The van der Waals surface area contributed by atoms with E-state index in [2.05, 4.69) is 0 Å². The minimum absolute atomic E-state index is 0.0262. The van der Waals surface area contributed by atoms with Crippen LogP contribution in [0.2, 0.25) is 0 Å². The summed E-state index contributed by atoms with van der Waals surface area (Å²) >= 11 is 0. The Hall–Kier alpha value is -0.860. The first kappa shape index (κ1) is 9.23.